The predicted molar refractivity (Wildman–Crippen MR) is 80.1 cm³/mol. The van der Waals surface area contributed by atoms with Gasteiger partial charge in [0.25, 0.3) is 0 Å². The molecule has 1 aliphatic carbocycles. The van der Waals surface area contributed by atoms with E-state index in [9.17, 15) is 13.2 Å². The number of carbonyl (C=O) groups is 1. The lowest BCUT2D eigenvalue weighted by Crippen LogP contribution is -2.39. The third-order valence-corrected chi connectivity index (χ3v) is 6.50. The number of hydrogen-bond acceptors (Lipinski definition) is 4. The molecule has 20 heavy (non-hydrogen) atoms. The molecule has 0 saturated heterocycles. The number of amides is 1. The predicted octanol–water partition coefficient (Wildman–Crippen LogP) is 1.49. The number of nitrogens with one attached hydrogen (secondary N) is 1. The molecule has 1 aliphatic rings. The van der Waals surface area contributed by atoms with Crippen molar-refractivity contribution in [1.82, 2.24) is 9.62 Å². The smallest absolute Gasteiger partial charge is 0.217 e. The lowest BCUT2D eigenvalue weighted by atomic mass is 10.4. The maximum absolute atomic E-state index is 12.4. The van der Waals surface area contributed by atoms with Crippen molar-refractivity contribution in [2.24, 2.45) is 0 Å². The van der Waals surface area contributed by atoms with Crippen LogP contribution in [0.25, 0.3) is 0 Å². The molecule has 0 aromatic carbocycles. The van der Waals surface area contributed by atoms with E-state index in [1.165, 1.54) is 16.1 Å². The molecule has 0 atom stereocenters. The van der Waals surface area contributed by atoms with Crippen molar-refractivity contribution in [3.63, 3.8) is 0 Å². The van der Waals surface area contributed by atoms with Gasteiger partial charge in [0, 0.05) is 36.3 Å². The van der Waals surface area contributed by atoms with Gasteiger partial charge in [-0.2, -0.15) is 4.31 Å². The van der Waals surface area contributed by atoms with E-state index in [0.717, 1.165) is 17.7 Å². The van der Waals surface area contributed by atoms with Gasteiger partial charge in [0.1, 0.15) is 0 Å². The van der Waals surface area contributed by atoms with Crippen molar-refractivity contribution in [2.75, 3.05) is 13.1 Å². The van der Waals surface area contributed by atoms with Crippen LogP contribution >= 0.6 is 11.3 Å². The van der Waals surface area contributed by atoms with E-state index in [2.05, 4.69) is 5.32 Å². The van der Waals surface area contributed by atoms with Crippen molar-refractivity contribution >= 4 is 27.3 Å². The molecule has 0 aliphatic heterocycles. The molecule has 1 aromatic heterocycles. The van der Waals surface area contributed by atoms with Gasteiger partial charge in [-0.15, -0.1) is 11.3 Å². The summed E-state index contributed by atoms with van der Waals surface area (Å²) in [7, 11) is -3.23. The highest BCUT2D eigenvalue weighted by atomic mass is 32.2. The lowest BCUT2D eigenvalue weighted by Gasteiger charge is -2.21. The fourth-order valence-corrected chi connectivity index (χ4v) is 4.78. The standard InChI is InChI=1S/C13H20N2O3S2/c1-10-3-4-12(19-10)9-15(8-7-14-11(2)16)20(17,18)13-5-6-13/h3-4,13H,5-9H2,1-2H3,(H,14,16). The minimum Gasteiger partial charge on any atom is -0.355 e. The molecule has 1 aromatic rings. The van der Waals surface area contributed by atoms with Gasteiger partial charge in [0.15, 0.2) is 0 Å². The summed E-state index contributed by atoms with van der Waals surface area (Å²) in [6.07, 6.45) is 1.50. The number of rotatable bonds is 7. The summed E-state index contributed by atoms with van der Waals surface area (Å²) in [5, 5.41) is 2.44. The Hall–Kier alpha value is -0.920. The molecule has 1 heterocycles. The first-order valence-corrected chi connectivity index (χ1v) is 9.00. The minimum atomic E-state index is -3.23. The molecule has 5 nitrogen and oxygen atoms in total. The fourth-order valence-electron chi connectivity index (χ4n) is 1.97. The maximum Gasteiger partial charge on any atom is 0.217 e. The van der Waals surface area contributed by atoms with Crippen molar-refractivity contribution in [2.45, 2.75) is 38.5 Å². The monoisotopic (exact) mass is 316 g/mol. The van der Waals surface area contributed by atoms with Gasteiger partial charge in [-0.25, -0.2) is 8.42 Å². The van der Waals surface area contributed by atoms with Gasteiger partial charge in [0.05, 0.1) is 5.25 Å². The van der Waals surface area contributed by atoms with Crippen molar-refractivity contribution in [1.29, 1.82) is 0 Å². The van der Waals surface area contributed by atoms with Crippen LogP contribution in [-0.4, -0.2) is 37.0 Å². The molecule has 0 spiro atoms. The summed E-state index contributed by atoms with van der Waals surface area (Å²) in [5.41, 5.74) is 0. The van der Waals surface area contributed by atoms with Crippen molar-refractivity contribution < 1.29 is 13.2 Å². The Morgan fingerprint density at radius 2 is 2.15 bits per heavy atom. The molecule has 2 rings (SSSR count). The Bertz CT molecular complexity index is 576. The molecule has 1 N–H and O–H groups in total. The van der Waals surface area contributed by atoms with Crippen LogP contribution in [0.5, 0.6) is 0 Å². The van der Waals surface area contributed by atoms with Crippen LogP contribution in [-0.2, 0) is 21.4 Å². The second-order valence-electron chi connectivity index (χ2n) is 5.07. The Morgan fingerprint density at radius 1 is 1.45 bits per heavy atom. The van der Waals surface area contributed by atoms with E-state index in [-0.39, 0.29) is 11.2 Å². The zero-order valence-electron chi connectivity index (χ0n) is 11.8. The first-order valence-electron chi connectivity index (χ1n) is 6.68. The van der Waals surface area contributed by atoms with Gasteiger partial charge in [-0.3, -0.25) is 4.79 Å². The zero-order valence-corrected chi connectivity index (χ0v) is 13.4. The molecule has 1 fully saturated rings. The first-order chi connectivity index (χ1) is 9.39. The summed E-state index contributed by atoms with van der Waals surface area (Å²) >= 11 is 1.61. The second kappa shape index (κ2) is 6.24. The van der Waals surface area contributed by atoms with E-state index in [1.54, 1.807) is 11.3 Å². The van der Waals surface area contributed by atoms with E-state index in [4.69, 9.17) is 0 Å². The molecule has 0 bridgehead atoms. The Morgan fingerprint density at radius 3 is 2.65 bits per heavy atom. The number of thiophene rings is 1. The quantitative estimate of drug-likeness (QED) is 0.829. The average Bonchev–Trinajstić information content (AvgIpc) is 3.13. The number of hydrogen-bond donors (Lipinski definition) is 1. The van der Waals surface area contributed by atoms with E-state index < -0.39 is 10.0 Å². The summed E-state index contributed by atoms with van der Waals surface area (Å²) in [6, 6.07) is 3.96. The average molecular weight is 316 g/mol. The summed E-state index contributed by atoms with van der Waals surface area (Å²) in [6.45, 7) is 4.52. The molecular weight excluding hydrogens is 296 g/mol. The highest BCUT2D eigenvalue weighted by molar-refractivity contribution is 7.90. The lowest BCUT2D eigenvalue weighted by molar-refractivity contribution is -0.118. The highest BCUT2D eigenvalue weighted by Crippen LogP contribution is 2.32. The van der Waals surface area contributed by atoms with Crippen LogP contribution in [0, 0.1) is 6.92 Å². The van der Waals surface area contributed by atoms with Gasteiger partial charge < -0.3 is 5.32 Å². The van der Waals surface area contributed by atoms with Gasteiger partial charge in [-0.05, 0) is 31.9 Å². The van der Waals surface area contributed by atoms with Crippen LogP contribution in [0.1, 0.15) is 29.5 Å². The number of sulfonamides is 1. The SMILES string of the molecule is CC(=O)NCCN(Cc1ccc(C)s1)S(=O)(=O)C1CC1. The third kappa shape index (κ3) is 4.04. The first kappa shape index (κ1) is 15.5. The maximum atomic E-state index is 12.4. The minimum absolute atomic E-state index is 0.138. The summed E-state index contributed by atoms with van der Waals surface area (Å²) in [4.78, 5) is 13.1. The van der Waals surface area contributed by atoms with E-state index in [0.29, 0.717) is 19.6 Å². The van der Waals surface area contributed by atoms with Gasteiger partial charge >= 0.3 is 0 Å². The normalized spacial score (nSPS) is 15.6. The molecular formula is C13H20N2O3S2. The van der Waals surface area contributed by atoms with Gasteiger partial charge in [0.2, 0.25) is 15.9 Å². The van der Waals surface area contributed by atoms with E-state index in [1.807, 2.05) is 19.1 Å². The topological polar surface area (TPSA) is 66.5 Å². The molecule has 1 saturated carbocycles. The van der Waals surface area contributed by atoms with Crippen LogP contribution < -0.4 is 5.32 Å². The van der Waals surface area contributed by atoms with Gasteiger partial charge in [-0.1, -0.05) is 0 Å². The third-order valence-electron chi connectivity index (χ3n) is 3.17. The van der Waals surface area contributed by atoms with E-state index >= 15 is 0 Å². The zero-order chi connectivity index (χ0) is 14.8. The Balaban J connectivity index is 2.05. The van der Waals surface area contributed by atoms with Crippen LogP contribution in [0.15, 0.2) is 12.1 Å². The Kier molecular flexibility index (Phi) is 4.82. The Labute approximate surface area is 124 Å². The van der Waals surface area contributed by atoms with Crippen molar-refractivity contribution in [3.05, 3.63) is 21.9 Å². The molecule has 7 heteroatoms. The van der Waals surface area contributed by atoms with Crippen molar-refractivity contribution in [3.8, 4) is 0 Å². The van der Waals surface area contributed by atoms with Crippen LogP contribution in [0.3, 0.4) is 0 Å². The highest BCUT2D eigenvalue weighted by Gasteiger charge is 2.39. The van der Waals surface area contributed by atoms with Crippen LogP contribution in [0.4, 0.5) is 0 Å². The number of aryl methyl sites for hydroxylation is 1. The molecule has 0 radical (unpaired) electrons. The second-order valence-corrected chi connectivity index (χ2v) is 8.66. The van der Waals surface area contributed by atoms with Crippen LogP contribution in [0.2, 0.25) is 0 Å². The largest absolute Gasteiger partial charge is 0.355 e. The summed E-state index contributed by atoms with van der Waals surface area (Å²) in [5.74, 6) is -0.138. The molecule has 1 amide bonds. The fraction of sp³-hybridized carbons (Fsp3) is 0.615. The molecule has 112 valence electrons. The number of nitrogens with zero attached hydrogens (tertiary/aromatic N) is 1. The number of carbonyl (C=O) groups excluding carboxylic acids is 1. The summed E-state index contributed by atoms with van der Waals surface area (Å²) < 4.78 is 26.3. The molecule has 0 unspecified atom stereocenters.